The third-order valence-electron chi connectivity index (χ3n) is 4.18. The monoisotopic (exact) mass is 310 g/mol. The molecule has 0 amide bonds. The molecule has 18 heavy (non-hydrogen) atoms. The van der Waals surface area contributed by atoms with Crippen LogP contribution in [-0.4, -0.2) is 12.1 Å². The van der Waals surface area contributed by atoms with E-state index in [4.69, 9.17) is 5.73 Å². The summed E-state index contributed by atoms with van der Waals surface area (Å²) < 4.78 is 1.20. The number of nitrogens with two attached hydrogens (primary N) is 1. The van der Waals surface area contributed by atoms with E-state index in [0.29, 0.717) is 6.54 Å². The topological polar surface area (TPSA) is 38.0 Å². The summed E-state index contributed by atoms with van der Waals surface area (Å²) in [6.45, 7) is 7.21. The lowest BCUT2D eigenvalue weighted by Gasteiger charge is -2.34. The molecule has 1 atom stereocenters. The summed E-state index contributed by atoms with van der Waals surface area (Å²) in [5, 5.41) is 3.72. The SMILES string of the molecule is CCC(CN)(Nc1cc(C)c(Br)c(C)c1)C1CC1. The number of benzene rings is 1. The number of anilines is 1. The van der Waals surface area contributed by atoms with Crippen molar-refractivity contribution in [3.8, 4) is 0 Å². The quantitative estimate of drug-likeness (QED) is 0.863. The Labute approximate surface area is 118 Å². The summed E-state index contributed by atoms with van der Waals surface area (Å²) in [4.78, 5) is 0. The van der Waals surface area contributed by atoms with Crippen LogP contribution < -0.4 is 11.1 Å². The molecule has 0 bridgehead atoms. The Hall–Kier alpha value is -0.540. The van der Waals surface area contributed by atoms with Crippen LogP contribution >= 0.6 is 15.9 Å². The number of hydrogen-bond donors (Lipinski definition) is 2. The highest BCUT2D eigenvalue weighted by molar-refractivity contribution is 9.10. The maximum atomic E-state index is 6.04. The van der Waals surface area contributed by atoms with E-state index in [-0.39, 0.29) is 5.54 Å². The molecule has 2 rings (SSSR count). The van der Waals surface area contributed by atoms with Crippen LogP contribution in [0.25, 0.3) is 0 Å². The van der Waals surface area contributed by atoms with Crippen LogP contribution in [0.5, 0.6) is 0 Å². The van der Waals surface area contributed by atoms with Crippen molar-refractivity contribution in [2.75, 3.05) is 11.9 Å². The lowest BCUT2D eigenvalue weighted by Crippen LogP contribution is -2.47. The Morgan fingerprint density at radius 3 is 2.28 bits per heavy atom. The standard InChI is InChI=1S/C15H23BrN2/c1-4-15(9-17,12-5-6-12)18-13-7-10(2)14(16)11(3)8-13/h7-8,12,18H,4-6,9,17H2,1-3H3. The molecule has 1 saturated carbocycles. The van der Waals surface area contributed by atoms with E-state index < -0.39 is 0 Å². The second-order valence-corrected chi connectivity index (χ2v) is 6.33. The summed E-state index contributed by atoms with van der Waals surface area (Å²) in [5.74, 6) is 0.747. The zero-order chi connectivity index (χ0) is 13.3. The van der Waals surface area contributed by atoms with Gasteiger partial charge >= 0.3 is 0 Å². The third-order valence-corrected chi connectivity index (χ3v) is 5.43. The average molecular weight is 311 g/mol. The van der Waals surface area contributed by atoms with Crippen molar-refractivity contribution in [3.63, 3.8) is 0 Å². The third kappa shape index (κ3) is 2.57. The van der Waals surface area contributed by atoms with Gasteiger partial charge in [-0.05, 0) is 62.3 Å². The van der Waals surface area contributed by atoms with Gasteiger partial charge in [-0.1, -0.05) is 22.9 Å². The molecule has 1 fully saturated rings. The number of nitrogens with one attached hydrogen (secondary N) is 1. The molecule has 1 aliphatic rings. The highest BCUT2D eigenvalue weighted by Gasteiger charge is 2.42. The first kappa shape index (κ1) is 13.9. The van der Waals surface area contributed by atoms with E-state index in [1.807, 2.05) is 0 Å². The molecule has 0 radical (unpaired) electrons. The van der Waals surface area contributed by atoms with Crippen molar-refractivity contribution in [2.45, 2.75) is 45.6 Å². The van der Waals surface area contributed by atoms with E-state index in [1.165, 1.54) is 34.1 Å². The maximum Gasteiger partial charge on any atom is 0.0521 e. The molecule has 3 N–H and O–H groups in total. The van der Waals surface area contributed by atoms with Crippen LogP contribution in [0.4, 0.5) is 5.69 Å². The zero-order valence-electron chi connectivity index (χ0n) is 11.5. The van der Waals surface area contributed by atoms with Crippen LogP contribution in [-0.2, 0) is 0 Å². The molecule has 2 nitrogen and oxygen atoms in total. The van der Waals surface area contributed by atoms with Gasteiger partial charge in [0.15, 0.2) is 0 Å². The molecule has 100 valence electrons. The lowest BCUT2D eigenvalue weighted by atomic mass is 9.89. The first-order chi connectivity index (χ1) is 8.52. The van der Waals surface area contributed by atoms with Gasteiger partial charge in [0.2, 0.25) is 0 Å². The van der Waals surface area contributed by atoms with Crippen molar-refractivity contribution in [3.05, 3.63) is 27.7 Å². The molecule has 0 aromatic heterocycles. The van der Waals surface area contributed by atoms with Gasteiger partial charge in [-0.25, -0.2) is 0 Å². The molecule has 0 saturated heterocycles. The molecule has 0 spiro atoms. The van der Waals surface area contributed by atoms with Crippen LogP contribution in [0.2, 0.25) is 0 Å². The van der Waals surface area contributed by atoms with E-state index in [1.54, 1.807) is 0 Å². The predicted octanol–water partition coefficient (Wildman–Crippen LogP) is 4.00. The summed E-state index contributed by atoms with van der Waals surface area (Å²) in [6, 6.07) is 4.42. The highest BCUT2D eigenvalue weighted by atomic mass is 79.9. The lowest BCUT2D eigenvalue weighted by molar-refractivity contribution is 0.404. The van der Waals surface area contributed by atoms with E-state index in [0.717, 1.165) is 12.3 Å². The number of hydrogen-bond acceptors (Lipinski definition) is 2. The van der Waals surface area contributed by atoms with Crippen molar-refractivity contribution in [1.29, 1.82) is 0 Å². The van der Waals surface area contributed by atoms with Crippen molar-refractivity contribution >= 4 is 21.6 Å². The molecular formula is C15H23BrN2. The maximum absolute atomic E-state index is 6.04. The second-order valence-electron chi connectivity index (χ2n) is 5.54. The zero-order valence-corrected chi connectivity index (χ0v) is 13.1. The average Bonchev–Trinajstić information content (AvgIpc) is 3.17. The minimum absolute atomic E-state index is 0.0900. The number of rotatable bonds is 5. The molecule has 1 unspecified atom stereocenters. The van der Waals surface area contributed by atoms with Crippen molar-refractivity contribution in [1.82, 2.24) is 0 Å². The molecule has 1 aliphatic carbocycles. The molecule has 0 aliphatic heterocycles. The fourth-order valence-corrected chi connectivity index (χ4v) is 3.01. The van der Waals surface area contributed by atoms with Gasteiger partial charge in [0.05, 0.1) is 5.54 Å². The fourth-order valence-electron chi connectivity index (χ4n) is 2.78. The summed E-state index contributed by atoms with van der Waals surface area (Å²) in [6.07, 6.45) is 3.71. The largest absolute Gasteiger partial charge is 0.378 e. The first-order valence-electron chi connectivity index (χ1n) is 6.77. The Kier molecular flexibility index (Phi) is 4.02. The Bertz CT molecular complexity index is 411. The van der Waals surface area contributed by atoms with Gasteiger partial charge in [0, 0.05) is 16.7 Å². The van der Waals surface area contributed by atoms with Gasteiger partial charge in [0.1, 0.15) is 0 Å². The predicted molar refractivity (Wildman–Crippen MR) is 82.0 cm³/mol. The van der Waals surface area contributed by atoms with Gasteiger partial charge in [0.25, 0.3) is 0 Å². The number of halogens is 1. The van der Waals surface area contributed by atoms with Crippen molar-refractivity contribution in [2.24, 2.45) is 11.7 Å². The molecule has 0 heterocycles. The molecule has 1 aromatic carbocycles. The van der Waals surface area contributed by atoms with Gasteiger partial charge < -0.3 is 11.1 Å². The molecular weight excluding hydrogens is 288 g/mol. The summed E-state index contributed by atoms with van der Waals surface area (Å²) in [5.41, 5.74) is 9.88. The molecule has 3 heteroatoms. The van der Waals surface area contributed by atoms with Gasteiger partial charge in [-0.3, -0.25) is 0 Å². The smallest absolute Gasteiger partial charge is 0.0521 e. The second kappa shape index (κ2) is 5.22. The van der Waals surface area contributed by atoms with E-state index >= 15 is 0 Å². The van der Waals surface area contributed by atoms with E-state index in [2.05, 4.69) is 54.2 Å². The number of aryl methyl sites for hydroxylation is 2. The van der Waals surface area contributed by atoms with Crippen LogP contribution in [0.15, 0.2) is 16.6 Å². The minimum Gasteiger partial charge on any atom is -0.378 e. The highest BCUT2D eigenvalue weighted by Crippen LogP contribution is 2.43. The van der Waals surface area contributed by atoms with Crippen LogP contribution in [0.3, 0.4) is 0 Å². The van der Waals surface area contributed by atoms with Gasteiger partial charge in [-0.15, -0.1) is 0 Å². The van der Waals surface area contributed by atoms with Gasteiger partial charge in [-0.2, -0.15) is 0 Å². The van der Waals surface area contributed by atoms with E-state index in [9.17, 15) is 0 Å². The summed E-state index contributed by atoms with van der Waals surface area (Å²) >= 11 is 3.62. The fraction of sp³-hybridized carbons (Fsp3) is 0.600. The summed E-state index contributed by atoms with van der Waals surface area (Å²) in [7, 11) is 0. The Morgan fingerprint density at radius 1 is 1.33 bits per heavy atom. The molecule has 1 aromatic rings. The Balaban J connectivity index is 2.26. The van der Waals surface area contributed by atoms with Crippen molar-refractivity contribution < 1.29 is 0 Å². The van der Waals surface area contributed by atoms with Crippen LogP contribution in [0, 0.1) is 19.8 Å². The minimum atomic E-state index is 0.0900. The first-order valence-corrected chi connectivity index (χ1v) is 7.56. The Morgan fingerprint density at radius 2 is 1.89 bits per heavy atom. The normalized spacial score (nSPS) is 18.5. The van der Waals surface area contributed by atoms with Crippen LogP contribution in [0.1, 0.15) is 37.3 Å².